The molecule has 1 fully saturated rings. The Hall–Kier alpha value is -1.39. The number of aliphatic hydroxyl groups excluding tert-OH is 1. The van der Waals surface area contributed by atoms with Crippen LogP contribution in [0, 0.1) is 5.92 Å². The molecule has 2 rings (SSSR count). The zero-order valence-electron chi connectivity index (χ0n) is 11.8. The van der Waals surface area contributed by atoms with Gasteiger partial charge < -0.3 is 14.9 Å². The molecule has 1 aromatic carbocycles. The summed E-state index contributed by atoms with van der Waals surface area (Å²) in [5.74, 6) is -1.19. The van der Waals surface area contributed by atoms with E-state index >= 15 is 0 Å². The molecule has 4 nitrogen and oxygen atoms in total. The number of esters is 1. The van der Waals surface area contributed by atoms with E-state index in [-0.39, 0.29) is 6.61 Å². The number of aliphatic hydroxyl groups is 2. The van der Waals surface area contributed by atoms with Gasteiger partial charge in [-0.1, -0.05) is 43.2 Å². The molecule has 20 heavy (non-hydrogen) atoms. The molecule has 0 heterocycles. The van der Waals surface area contributed by atoms with E-state index in [9.17, 15) is 15.0 Å². The van der Waals surface area contributed by atoms with Crippen LogP contribution in [0.4, 0.5) is 0 Å². The molecule has 1 aliphatic rings. The Morgan fingerprint density at radius 2 is 1.95 bits per heavy atom. The van der Waals surface area contributed by atoms with E-state index in [2.05, 4.69) is 0 Å². The topological polar surface area (TPSA) is 66.8 Å². The molecular formula is C16H22O4. The van der Waals surface area contributed by atoms with Gasteiger partial charge in [0.25, 0.3) is 0 Å². The number of benzene rings is 1. The first-order chi connectivity index (χ1) is 9.60. The van der Waals surface area contributed by atoms with Gasteiger partial charge in [0.15, 0.2) is 5.60 Å². The Morgan fingerprint density at radius 3 is 2.55 bits per heavy atom. The minimum Gasteiger partial charge on any atom is -0.464 e. The minimum absolute atomic E-state index is 0.205. The summed E-state index contributed by atoms with van der Waals surface area (Å²) in [5, 5.41) is 21.3. The van der Waals surface area contributed by atoms with Crippen molar-refractivity contribution in [3.8, 4) is 0 Å². The lowest BCUT2D eigenvalue weighted by Crippen LogP contribution is -2.50. The molecule has 110 valence electrons. The van der Waals surface area contributed by atoms with Crippen LogP contribution < -0.4 is 0 Å². The molecule has 2 N–H and O–H groups in total. The number of hydrogen-bond donors (Lipinski definition) is 2. The Bertz CT molecular complexity index is 445. The highest BCUT2D eigenvalue weighted by atomic mass is 16.5. The van der Waals surface area contributed by atoms with E-state index in [1.165, 1.54) is 0 Å². The Morgan fingerprint density at radius 1 is 1.30 bits per heavy atom. The van der Waals surface area contributed by atoms with Crippen molar-refractivity contribution in [1.29, 1.82) is 0 Å². The van der Waals surface area contributed by atoms with E-state index in [0.717, 1.165) is 12.8 Å². The number of ether oxygens (including phenoxy) is 1. The highest BCUT2D eigenvalue weighted by molar-refractivity contribution is 5.81. The lowest BCUT2D eigenvalue weighted by atomic mass is 9.71. The molecule has 1 aliphatic carbocycles. The second-order valence-corrected chi connectivity index (χ2v) is 5.31. The number of hydrogen-bond acceptors (Lipinski definition) is 4. The summed E-state index contributed by atoms with van der Waals surface area (Å²) in [6.45, 7) is 1.91. The molecule has 1 saturated carbocycles. The smallest absolute Gasteiger partial charge is 0.343 e. The SMILES string of the molecule is CCOC(=O)[C@@](O)(c1ccccc1)C1CCCCC1O. The molecule has 3 atom stereocenters. The van der Waals surface area contributed by atoms with E-state index in [1.54, 1.807) is 31.2 Å². The highest BCUT2D eigenvalue weighted by Gasteiger charge is 2.50. The van der Waals surface area contributed by atoms with Crippen LogP contribution in [-0.4, -0.2) is 28.9 Å². The number of carbonyl (C=O) groups is 1. The summed E-state index contributed by atoms with van der Waals surface area (Å²) in [7, 11) is 0. The van der Waals surface area contributed by atoms with Crippen molar-refractivity contribution in [2.45, 2.75) is 44.3 Å². The molecular weight excluding hydrogens is 256 g/mol. The monoisotopic (exact) mass is 278 g/mol. The minimum atomic E-state index is -1.77. The molecule has 2 unspecified atom stereocenters. The Balaban J connectivity index is 2.40. The van der Waals surface area contributed by atoms with Crippen molar-refractivity contribution in [2.24, 2.45) is 5.92 Å². The molecule has 4 heteroatoms. The largest absolute Gasteiger partial charge is 0.464 e. The van der Waals surface area contributed by atoms with Crippen LogP contribution in [0.1, 0.15) is 38.2 Å². The van der Waals surface area contributed by atoms with Gasteiger partial charge in [-0.25, -0.2) is 4.79 Å². The van der Waals surface area contributed by atoms with Gasteiger partial charge in [0.05, 0.1) is 12.7 Å². The van der Waals surface area contributed by atoms with E-state index in [0.29, 0.717) is 18.4 Å². The number of rotatable bonds is 4. The van der Waals surface area contributed by atoms with Crippen molar-refractivity contribution < 1.29 is 19.7 Å². The average Bonchev–Trinajstić information content (AvgIpc) is 2.48. The van der Waals surface area contributed by atoms with Gasteiger partial charge in [0.2, 0.25) is 0 Å². The summed E-state index contributed by atoms with van der Waals surface area (Å²) in [5.41, 5.74) is -1.28. The molecule has 0 radical (unpaired) electrons. The lowest BCUT2D eigenvalue weighted by molar-refractivity contribution is -0.182. The summed E-state index contributed by atoms with van der Waals surface area (Å²) in [6.07, 6.45) is 2.37. The zero-order valence-corrected chi connectivity index (χ0v) is 11.8. The first-order valence-corrected chi connectivity index (χ1v) is 7.24. The second kappa shape index (κ2) is 6.37. The molecule has 0 spiro atoms. The third kappa shape index (κ3) is 2.72. The summed E-state index contributed by atoms with van der Waals surface area (Å²) in [6, 6.07) is 8.78. The first-order valence-electron chi connectivity index (χ1n) is 7.24. The summed E-state index contributed by atoms with van der Waals surface area (Å²) in [4.78, 5) is 12.3. The molecule has 0 amide bonds. The van der Waals surface area contributed by atoms with Crippen LogP contribution >= 0.6 is 0 Å². The Kier molecular flexibility index (Phi) is 4.78. The van der Waals surface area contributed by atoms with Gasteiger partial charge in [-0.2, -0.15) is 0 Å². The maximum absolute atomic E-state index is 12.3. The van der Waals surface area contributed by atoms with Gasteiger partial charge in [0.1, 0.15) is 0 Å². The Labute approximate surface area is 119 Å². The highest BCUT2D eigenvalue weighted by Crippen LogP contribution is 2.40. The third-order valence-corrected chi connectivity index (χ3v) is 4.07. The van der Waals surface area contributed by atoms with Crippen molar-refractivity contribution in [2.75, 3.05) is 6.61 Å². The van der Waals surface area contributed by atoms with Gasteiger partial charge in [0, 0.05) is 5.92 Å². The molecule has 0 bridgehead atoms. The third-order valence-electron chi connectivity index (χ3n) is 4.07. The van der Waals surface area contributed by atoms with Gasteiger partial charge in [-0.05, 0) is 25.3 Å². The van der Waals surface area contributed by atoms with Gasteiger partial charge in [-0.3, -0.25) is 0 Å². The molecule has 0 saturated heterocycles. The van der Waals surface area contributed by atoms with E-state index in [4.69, 9.17) is 4.74 Å². The van der Waals surface area contributed by atoms with Crippen molar-refractivity contribution in [3.05, 3.63) is 35.9 Å². The van der Waals surface area contributed by atoms with E-state index in [1.807, 2.05) is 6.07 Å². The standard InChI is InChI=1S/C16H22O4/c1-2-20-15(18)16(19,12-8-4-3-5-9-12)13-10-6-7-11-14(13)17/h3-5,8-9,13-14,17,19H,2,6-7,10-11H2,1H3/t13?,14?,16-/m1/s1. The van der Waals surface area contributed by atoms with Crippen molar-refractivity contribution in [3.63, 3.8) is 0 Å². The maximum Gasteiger partial charge on any atom is 0.343 e. The first kappa shape index (κ1) is 15.0. The fraction of sp³-hybridized carbons (Fsp3) is 0.562. The molecule has 1 aromatic rings. The van der Waals surface area contributed by atoms with E-state index < -0.39 is 23.6 Å². The van der Waals surface area contributed by atoms with Crippen molar-refractivity contribution in [1.82, 2.24) is 0 Å². The van der Waals surface area contributed by atoms with Crippen LogP contribution in [0.5, 0.6) is 0 Å². The zero-order chi connectivity index (χ0) is 14.6. The predicted octanol–water partition coefficient (Wildman–Crippen LogP) is 1.99. The maximum atomic E-state index is 12.3. The predicted molar refractivity (Wildman–Crippen MR) is 74.9 cm³/mol. The number of carbonyl (C=O) groups excluding carboxylic acids is 1. The fourth-order valence-electron chi connectivity index (χ4n) is 3.02. The molecule has 0 aliphatic heterocycles. The van der Waals surface area contributed by atoms with Crippen LogP contribution in [0.15, 0.2) is 30.3 Å². The molecule has 0 aromatic heterocycles. The van der Waals surface area contributed by atoms with Crippen LogP contribution in [0.3, 0.4) is 0 Å². The summed E-state index contributed by atoms with van der Waals surface area (Å²) >= 11 is 0. The normalized spacial score (nSPS) is 25.8. The van der Waals surface area contributed by atoms with Gasteiger partial charge >= 0.3 is 5.97 Å². The van der Waals surface area contributed by atoms with Crippen LogP contribution in [-0.2, 0) is 15.1 Å². The van der Waals surface area contributed by atoms with Crippen LogP contribution in [0.2, 0.25) is 0 Å². The van der Waals surface area contributed by atoms with Crippen molar-refractivity contribution >= 4 is 5.97 Å². The lowest BCUT2D eigenvalue weighted by Gasteiger charge is -2.39. The van der Waals surface area contributed by atoms with Gasteiger partial charge in [-0.15, -0.1) is 0 Å². The quantitative estimate of drug-likeness (QED) is 0.827. The van der Waals surface area contributed by atoms with Crippen LogP contribution in [0.25, 0.3) is 0 Å². The summed E-state index contributed by atoms with van der Waals surface area (Å²) < 4.78 is 5.06. The average molecular weight is 278 g/mol. The second-order valence-electron chi connectivity index (χ2n) is 5.31. The fourth-order valence-corrected chi connectivity index (χ4v) is 3.02.